The van der Waals surface area contributed by atoms with Crippen LogP contribution < -0.4 is 0 Å². The van der Waals surface area contributed by atoms with Gasteiger partial charge < -0.3 is 0 Å². The molecule has 0 aliphatic heterocycles. The van der Waals surface area contributed by atoms with Crippen LogP contribution in [0, 0.1) is 0 Å². The molecule has 29 heavy (non-hydrogen) atoms. The second-order valence-electron chi connectivity index (χ2n) is 7.82. The second-order valence-corrected chi connectivity index (χ2v) is 7.82. The summed E-state index contributed by atoms with van der Waals surface area (Å²) < 4.78 is 0. The number of hydrogen-bond donors (Lipinski definition) is 0. The molecule has 0 saturated carbocycles. The summed E-state index contributed by atoms with van der Waals surface area (Å²) in [5.41, 5.74) is 3.75. The van der Waals surface area contributed by atoms with Gasteiger partial charge in [-0.25, -0.2) is 0 Å². The minimum absolute atomic E-state index is 0.461. The Bertz CT molecular complexity index is 984. The number of fused-ring (bicyclic) bond motifs is 1. The lowest BCUT2D eigenvalue weighted by atomic mass is 9.37. The fourth-order valence-corrected chi connectivity index (χ4v) is 3.70. The molecule has 1 aromatic heterocycles. The summed E-state index contributed by atoms with van der Waals surface area (Å²) in [6.45, 7) is 4.42. The summed E-state index contributed by atoms with van der Waals surface area (Å²) >= 11 is 0. The van der Waals surface area contributed by atoms with Crippen LogP contribution in [0.5, 0.6) is 0 Å². The highest BCUT2D eigenvalue weighted by molar-refractivity contribution is 6.60. The zero-order chi connectivity index (χ0) is 21.4. The fraction of sp³-hybridized carbons (Fsp3) is 0.318. The Labute approximate surface area is 182 Å². The fourth-order valence-electron chi connectivity index (χ4n) is 3.70. The van der Waals surface area contributed by atoms with Gasteiger partial charge in [0.05, 0.1) is 52.8 Å². The smallest absolute Gasteiger partial charge is 0.0780 e. The van der Waals surface area contributed by atoms with E-state index in [9.17, 15) is 0 Å². The summed E-state index contributed by atoms with van der Waals surface area (Å²) in [5, 5.41) is -1.03. The van der Waals surface area contributed by atoms with Crippen molar-refractivity contribution in [3.8, 4) is 11.3 Å². The molecule has 0 spiro atoms. The Morgan fingerprint density at radius 1 is 0.793 bits per heavy atom. The minimum Gasteiger partial charge on any atom is -0.256 e. The van der Waals surface area contributed by atoms with Crippen molar-refractivity contribution in [3.63, 3.8) is 0 Å². The van der Waals surface area contributed by atoms with Crippen molar-refractivity contribution in [1.29, 1.82) is 0 Å². The molecule has 1 nitrogen and oxygen atoms in total. The molecule has 0 unspecified atom stereocenters. The highest BCUT2D eigenvalue weighted by Gasteiger charge is 2.20. The van der Waals surface area contributed by atoms with E-state index in [1.54, 1.807) is 24.4 Å². The summed E-state index contributed by atoms with van der Waals surface area (Å²) in [6, 6.07) is 13.7. The topological polar surface area (TPSA) is 12.9 Å². The third-order valence-corrected chi connectivity index (χ3v) is 5.45. The van der Waals surface area contributed by atoms with Crippen LogP contribution >= 0.6 is 0 Å². The Kier molecular flexibility index (Phi) is 6.18. The van der Waals surface area contributed by atoms with E-state index < -0.39 is 10.2 Å². The van der Waals surface area contributed by atoms with Crippen LogP contribution in [-0.2, 0) is 10.2 Å². The van der Waals surface area contributed by atoms with Gasteiger partial charge in [0.15, 0.2) is 0 Å². The lowest BCUT2D eigenvalue weighted by Gasteiger charge is -2.28. The van der Waals surface area contributed by atoms with E-state index in [1.165, 1.54) is 5.56 Å². The molecule has 0 atom stereocenters. The van der Waals surface area contributed by atoms with Crippen LogP contribution in [0.1, 0.15) is 49.3 Å². The van der Waals surface area contributed by atoms with Gasteiger partial charge >= 0.3 is 0 Å². The Hall–Kier alpha value is -1.76. The van der Waals surface area contributed by atoms with Crippen molar-refractivity contribution in [2.75, 3.05) is 0 Å². The van der Waals surface area contributed by atoms with Crippen LogP contribution in [0.4, 0.5) is 0 Å². The largest absolute Gasteiger partial charge is 0.256 e. The van der Waals surface area contributed by atoms with Gasteiger partial charge in [0.2, 0.25) is 0 Å². The van der Waals surface area contributed by atoms with Crippen molar-refractivity contribution >= 4 is 57.9 Å². The normalized spacial score (nSPS) is 12.5. The molecule has 0 fully saturated rings. The van der Waals surface area contributed by atoms with Gasteiger partial charge in [0.1, 0.15) is 0 Å². The number of rotatable bonds is 6. The molecule has 0 N–H and O–H groups in total. The molecule has 1 heterocycles. The Balaban J connectivity index is 2.22. The van der Waals surface area contributed by atoms with Gasteiger partial charge in [-0.3, -0.25) is 4.98 Å². The molecule has 12 radical (unpaired) electrons. The lowest BCUT2D eigenvalue weighted by Crippen LogP contribution is -2.30. The van der Waals surface area contributed by atoms with Crippen LogP contribution in [0.2, 0.25) is 0 Å². The van der Waals surface area contributed by atoms with Crippen molar-refractivity contribution < 1.29 is 0 Å². The maximum atomic E-state index is 5.93. The van der Waals surface area contributed by atoms with Crippen LogP contribution in [0.15, 0.2) is 48.7 Å². The van der Waals surface area contributed by atoms with Gasteiger partial charge in [-0.05, 0) is 35.8 Å². The molecule has 130 valence electrons. The lowest BCUT2D eigenvalue weighted by molar-refractivity contribution is 0.643. The first-order valence-corrected chi connectivity index (χ1v) is 9.83. The van der Waals surface area contributed by atoms with Crippen LogP contribution in [-0.4, -0.2) is 52.1 Å². The zero-order valence-electron chi connectivity index (χ0n) is 17.0. The average Bonchev–Trinajstić information content (AvgIpc) is 2.66. The Morgan fingerprint density at radius 3 is 1.90 bits per heavy atom. The third kappa shape index (κ3) is 4.71. The highest BCUT2D eigenvalue weighted by Crippen LogP contribution is 2.34. The zero-order valence-corrected chi connectivity index (χ0v) is 17.0. The monoisotopic (exact) mass is 363 g/mol. The molecule has 3 rings (SSSR count). The van der Waals surface area contributed by atoms with E-state index in [1.807, 2.05) is 6.07 Å². The molecular formula is C22H19B6N. The van der Waals surface area contributed by atoms with Gasteiger partial charge in [-0.2, -0.15) is 0 Å². The molecule has 0 aliphatic carbocycles. The molecule has 0 bridgehead atoms. The van der Waals surface area contributed by atoms with E-state index in [2.05, 4.69) is 37.0 Å². The SMILES string of the molecule is [B]C([B])([B])c1cc(-c2nccc3cc(C(CC)CC)ccc23)cc(C([B])([B])[B])c1. The predicted molar refractivity (Wildman–Crippen MR) is 128 cm³/mol. The average molecular weight is 362 g/mol. The van der Waals surface area contributed by atoms with E-state index in [0.29, 0.717) is 17.0 Å². The van der Waals surface area contributed by atoms with Crippen LogP contribution in [0.25, 0.3) is 22.0 Å². The predicted octanol–water partition coefficient (Wildman–Crippen LogP) is 3.04. The van der Waals surface area contributed by atoms with Crippen LogP contribution in [0.3, 0.4) is 0 Å². The quantitative estimate of drug-likeness (QED) is 0.615. The van der Waals surface area contributed by atoms with E-state index >= 15 is 0 Å². The maximum absolute atomic E-state index is 5.93. The summed E-state index contributed by atoms with van der Waals surface area (Å²) in [5.74, 6) is 0.533. The molecule has 0 saturated heterocycles. The van der Waals surface area contributed by atoms with E-state index in [0.717, 1.165) is 34.9 Å². The molecule has 7 heteroatoms. The van der Waals surface area contributed by atoms with Gasteiger partial charge in [-0.1, -0.05) is 61.4 Å². The first-order chi connectivity index (χ1) is 13.5. The highest BCUT2D eigenvalue weighted by atomic mass is 14.7. The van der Waals surface area contributed by atoms with Gasteiger partial charge in [0, 0.05) is 17.1 Å². The Morgan fingerprint density at radius 2 is 1.38 bits per heavy atom. The maximum Gasteiger partial charge on any atom is 0.0780 e. The van der Waals surface area contributed by atoms with Crippen molar-refractivity contribution in [3.05, 3.63) is 65.4 Å². The molecule has 0 amide bonds. The number of pyridine rings is 1. The minimum atomic E-state index is -1.57. The number of hydrogen-bond acceptors (Lipinski definition) is 1. The molecular weight excluding hydrogens is 343 g/mol. The molecule has 3 aromatic rings. The summed E-state index contributed by atoms with van der Waals surface area (Å²) in [6.07, 6.45) is 3.98. The second kappa shape index (κ2) is 8.17. The van der Waals surface area contributed by atoms with Gasteiger partial charge in [0.25, 0.3) is 0 Å². The van der Waals surface area contributed by atoms with Gasteiger partial charge in [-0.15, -0.1) is 10.2 Å². The van der Waals surface area contributed by atoms with E-state index in [-0.39, 0.29) is 0 Å². The summed E-state index contributed by atoms with van der Waals surface area (Å²) in [4.78, 5) is 4.59. The first kappa shape index (κ1) is 21.9. The molecule has 2 aromatic carbocycles. The van der Waals surface area contributed by atoms with E-state index in [4.69, 9.17) is 47.1 Å². The number of nitrogens with zero attached hydrogens (tertiary/aromatic N) is 1. The summed E-state index contributed by atoms with van der Waals surface area (Å²) in [7, 11) is 35.6. The standard InChI is InChI=1S/C22H19B6N/c1-3-13(4-2)14-5-6-19-15(9-14)7-8-29-20(19)16-10-17(21(23,24)25)12-18(11-16)22(26,27)28/h5-13H,3-4H2,1-2H3. The van der Waals surface area contributed by atoms with Crippen molar-refractivity contribution in [1.82, 2.24) is 4.98 Å². The number of aromatic nitrogens is 1. The first-order valence-electron chi connectivity index (χ1n) is 9.83. The number of benzene rings is 2. The molecule has 0 aliphatic rings. The van der Waals surface area contributed by atoms with Crippen molar-refractivity contribution in [2.24, 2.45) is 0 Å². The van der Waals surface area contributed by atoms with Crippen molar-refractivity contribution in [2.45, 2.75) is 42.8 Å². The third-order valence-electron chi connectivity index (χ3n) is 5.45.